The zero-order chi connectivity index (χ0) is 21.7. The maximum Gasteiger partial charge on any atom is 0.416 e. The van der Waals surface area contributed by atoms with Gasteiger partial charge in [0.1, 0.15) is 5.75 Å². The van der Waals surface area contributed by atoms with Gasteiger partial charge in [-0.25, -0.2) is 4.68 Å². The number of carbonyl (C=O) groups is 1. The average Bonchev–Trinajstić information content (AvgIpc) is 3.17. The predicted octanol–water partition coefficient (Wildman–Crippen LogP) is 4.94. The lowest BCUT2D eigenvalue weighted by Gasteiger charge is -2.11. The molecule has 9 heteroatoms. The van der Waals surface area contributed by atoms with Crippen LogP contribution < -0.4 is 14.8 Å². The first-order valence-corrected chi connectivity index (χ1v) is 9.18. The standard InChI is InChI=1S/C21H20F3N3O3/c1-3-11-30-17-10-5-4-9-16(17)25-20(28)19-18(29-2)13-27(26-19)15-8-6-7-14(12-15)21(22,23)24/h4-10,12-13H,3,11H2,1-2H3,(H,25,28). The Balaban J connectivity index is 1.89. The van der Waals surface area contributed by atoms with Crippen LogP contribution in [0.5, 0.6) is 11.5 Å². The molecule has 1 amide bonds. The number of amides is 1. The van der Waals surface area contributed by atoms with Gasteiger partial charge < -0.3 is 14.8 Å². The molecular formula is C21H20F3N3O3. The third kappa shape index (κ3) is 4.73. The first kappa shape index (κ1) is 21.2. The summed E-state index contributed by atoms with van der Waals surface area (Å²) in [6.07, 6.45) is -2.34. The van der Waals surface area contributed by atoms with Crippen molar-refractivity contribution in [2.24, 2.45) is 0 Å². The molecule has 0 aliphatic rings. The minimum absolute atomic E-state index is 0.0693. The molecule has 158 valence electrons. The fourth-order valence-corrected chi connectivity index (χ4v) is 2.71. The Bertz CT molecular complexity index is 1030. The number of carbonyl (C=O) groups excluding carboxylic acids is 1. The molecule has 1 aromatic heterocycles. The van der Waals surface area contributed by atoms with Crippen LogP contribution in [0.25, 0.3) is 5.69 Å². The number of ether oxygens (including phenoxy) is 2. The summed E-state index contributed by atoms with van der Waals surface area (Å²) in [7, 11) is 1.35. The second-order valence-electron chi connectivity index (χ2n) is 6.34. The molecule has 0 atom stereocenters. The molecule has 6 nitrogen and oxygen atoms in total. The van der Waals surface area contributed by atoms with Crippen LogP contribution in [0.2, 0.25) is 0 Å². The fourth-order valence-electron chi connectivity index (χ4n) is 2.71. The van der Waals surface area contributed by atoms with Gasteiger partial charge in [0.05, 0.1) is 36.9 Å². The highest BCUT2D eigenvalue weighted by molar-refractivity contribution is 6.05. The summed E-state index contributed by atoms with van der Waals surface area (Å²) < 4.78 is 51.0. The number of rotatable bonds is 7. The van der Waals surface area contributed by atoms with E-state index in [2.05, 4.69) is 10.4 Å². The van der Waals surface area contributed by atoms with Crippen LogP contribution in [-0.4, -0.2) is 29.4 Å². The zero-order valence-corrected chi connectivity index (χ0v) is 16.4. The van der Waals surface area contributed by atoms with Crippen molar-refractivity contribution in [3.05, 3.63) is 66.0 Å². The monoisotopic (exact) mass is 419 g/mol. The van der Waals surface area contributed by atoms with Crippen LogP contribution in [0.3, 0.4) is 0 Å². The number of nitrogens with one attached hydrogen (secondary N) is 1. The third-order valence-corrected chi connectivity index (χ3v) is 4.15. The highest BCUT2D eigenvalue weighted by Crippen LogP contribution is 2.31. The van der Waals surface area contributed by atoms with Crippen molar-refractivity contribution in [3.8, 4) is 17.2 Å². The van der Waals surface area contributed by atoms with E-state index in [9.17, 15) is 18.0 Å². The summed E-state index contributed by atoms with van der Waals surface area (Å²) in [6, 6.07) is 11.6. The first-order valence-electron chi connectivity index (χ1n) is 9.18. The molecular weight excluding hydrogens is 399 g/mol. The number of para-hydroxylation sites is 2. The lowest BCUT2D eigenvalue weighted by molar-refractivity contribution is -0.137. The van der Waals surface area contributed by atoms with E-state index >= 15 is 0 Å². The van der Waals surface area contributed by atoms with Gasteiger partial charge in [-0.15, -0.1) is 0 Å². The molecule has 0 radical (unpaired) electrons. The molecule has 0 aliphatic heterocycles. The van der Waals surface area contributed by atoms with Crippen LogP contribution >= 0.6 is 0 Å². The summed E-state index contributed by atoms with van der Waals surface area (Å²) in [5.41, 5.74) is -0.289. The van der Waals surface area contributed by atoms with E-state index in [0.29, 0.717) is 18.0 Å². The van der Waals surface area contributed by atoms with Gasteiger partial charge in [0.15, 0.2) is 11.4 Å². The molecule has 0 bridgehead atoms. The van der Waals surface area contributed by atoms with Crippen molar-refractivity contribution >= 4 is 11.6 Å². The lowest BCUT2D eigenvalue weighted by atomic mass is 10.2. The SMILES string of the molecule is CCCOc1ccccc1NC(=O)c1nn(-c2cccc(C(F)(F)F)c2)cc1OC. The van der Waals surface area contributed by atoms with E-state index in [4.69, 9.17) is 9.47 Å². The molecule has 1 N–H and O–H groups in total. The summed E-state index contributed by atoms with van der Waals surface area (Å²) in [5, 5.41) is 6.84. The first-order chi connectivity index (χ1) is 14.3. The van der Waals surface area contributed by atoms with E-state index < -0.39 is 17.6 Å². The summed E-state index contributed by atoms with van der Waals surface area (Å²) >= 11 is 0. The smallest absolute Gasteiger partial charge is 0.416 e. The van der Waals surface area contributed by atoms with Gasteiger partial charge in [-0.1, -0.05) is 25.1 Å². The number of halogens is 3. The van der Waals surface area contributed by atoms with E-state index in [1.807, 2.05) is 6.92 Å². The van der Waals surface area contributed by atoms with Crippen LogP contribution in [0.15, 0.2) is 54.7 Å². The second-order valence-corrected chi connectivity index (χ2v) is 6.34. The molecule has 3 rings (SSSR count). The molecule has 0 saturated heterocycles. The third-order valence-electron chi connectivity index (χ3n) is 4.15. The number of nitrogens with zero attached hydrogens (tertiary/aromatic N) is 2. The molecule has 0 spiro atoms. The Kier molecular flexibility index (Phi) is 6.29. The topological polar surface area (TPSA) is 65.4 Å². The second kappa shape index (κ2) is 8.89. The maximum atomic E-state index is 13.0. The van der Waals surface area contributed by atoms with Crippen molar-refractivity contribution in [3.63, 3.8) is 0 Å². The van der Waals surface area contributed by atoms with Crippen molar-refractivity contribution in [1.82, 2.24) is 9.78 Å². The van der Waals surface area contributed by atoms with Crippen molar-refractivity contribution in [2.45, 2.75) is 19.5 Å². The van der Waals surface area contributed by atoms with Gasteiger partial charge in [-0.2, -0.15) is 18.3 Å². The molecule has 0 aliphatic carbocycles. The molecule has 0 unspecified atom stereocenters. The number of aromatic nitrogens is 2. The number of benzene rings is 2. The number of alkyl halides is 3. The lowest BCUT2D eigenvalue weighted by Crippen LogP contribution is -2.15. The Morgan fingerprint density at radius 3 is 2.60 bits per heavy atom. The Morgan fingerprint density at radius 2 is 1.90 bits per heavy atom. The molecule has 30 heavy (non-hydrogen) atoms. The minimum Gasteiger partial charge on any atom is -0.493 e. The maximum absolute atomic E-state index is 13.0. The van der Waals surface area contributed by atoms with Gasteiger partial charge in [-0.3, -0.25) is 4.79 Å². The van der Waals surface area contributed by atoms with Gasteiger partial charge in [-0.05, 0) is 36.8 Å². The van der Waals surface area contributed by atoms with E-state index in [0.717, 1.165) is 18.6 Å². The van der Waals surface area contributed by atoms with E-state index in [1.54, 1.807) is 24.3 Å². The van der Waals surface area contributed by atoms with Crippen molar-refractivity contribution in [1.29, 1.82) is 0 Å². The van der Waals surface area contributed by atoms with Crippen LogP contribution in [-0.2, 0) is 6.18 Å². The quantitative estimate of drug-likeness (QED) is 0.589. The number of methoxy groups -OCH3 is 1. The Morgan fingerprint density at radius 1 is 1.13 bits per heavy atom. The van der Waals surface area contributed by atoms with Gasteiger partial charge >= 0.3 is 6.18 Å². The summed E-state index contributed by atoms with van der Waals surface area (Å²) in [5.74, 6) is 0.0472. The van der Waals surface area contributed by atoms with Crippen LogP contribution in [0.1, 0.15) is 29.4 Å². The normalized spacial score (nSPS) is 11.2. The van der Waals surface area contributed by atoms with E-state index in [1.165, 1.54) is 30.1 Å². The number of anilines is 1. The van der Waals surface area contributed by atoms with Crippen molar-refractivity contribution < 1.29 is 27.4 Å². The van der Waals surface area contributed by atoms with Crippen LogP contribution in [0, 0.1) is 0 Å². The number of hydrogen-bond donors (Lipinski definition) is 1. The fraction of sp³-hybridized carbons (Fsp3) is 0.238. The highest BCUT2D eigenvalue weighted by Gasteiger charge is 2.30. The highest BCUT2D eigenvalue weighted by atomic mass is 19.4. The molecule has 2 aromatic carbocycles. The van der Waals surface area contributed by atoms with E-state index in [-0.39, 0.29) is 17.1 Å². The minimum atomic E-state index is -4.49. The predicted molar refractivity (Wildman–Crippen MR) is 105 cm³/mol. The average molecular weight is 419 g/mol. The Labute approximate surface area is 171 Å². The van der Waals surface area contributed by atoms with Gasteiger partial charge in [0.2, 0.25) is 0 Å². The largest absolute Gasteiger partial charge is 0.493 e. The summed E-state index contributed by atoms with van der Waals surface area (Å²) in [6.45, 7) is 2.45. The summed E-state index contributed by atoms with van der Waals surface area (Å²) in [4.78, 5) is 12.8. The zero-order valence-electron chi connectivity index (χ0n) is 16.4. The number of hydrogen-bond acceptors (Lipinski definition) is 4. The molecule has 1 heterocycles. The van der Waals surface area contributed by atoms with Gasteiger partial charge in [0.25, 0.3) is 5.91 Å². The molecule has 3 aromatic rings. The molecule has 0 fully saturated rings. The molecule has 0 saturated carbocycles. The van der Waals surface area contributed by atoms with Crippen LogP contribution in [0.4, 0.5) is 18.9 Å². The van der Waals surface area contributed by atoms with Gasteiger partial charge in [0, 0.05) is 0 Å². The Hall–Kier alpha value is -3.49. The van der Waals surface area contributed by atoms with Crippen molar-refractivity contribution in [2.75, 3.05) is 19.0 Å².